The Bertz CT molecular complexity index is 502. The quantitative estimate of drug-likeness (QED) is 0.877. The van der Waals surface area contributed by atoms with Crippen LogP contribution in [0.5, 0.6) is 5.75 Å². The normalized spacial score (nSPS) is 19.9. The van der Waals surface area contributed by atoms with Crippen LogP contribution in [0.25, 0.3) is 0 Å². The molecule has 0 fully saturated rings. The zero-order chi connectivity index (χ0) is 14.8. The zero-order valence-electron chi connectivity index (χ0n) is 11.8. The molecule has 4 nitrogen and oxygen atoms in total. The number of fused-ring (bicyclic) bond motifs is 1. The first kappa shape index (κ1) is 15.1. The number of hydrogen-bond acceptors (Lipinski definition) is 3. The van der Waals surface area contributed by atoms with E-state index in [1.165, 1.54) is 0 Å². The number of carbonyl (C=O) groups is 1. The maximum absolute atomic E-state index is 12.1. The molecule has 1 heterocycles. The summed E-state index contributed by atoms with van der Waals surface area (Å²) in [6, 6.07) is 5.34. The molecule has 1 amide bonds. The fourth-order valence-corrected chi connectivity index (χ4v) is 2.58. The van der Waals surface area contributed by atoms with Gasteiger partial charge in [0.25, 0.3) is 5.91 Å². The van der Waals surface area contributed by atoms with Gasteiger partial charge in [-0.25, -0.2) is 0 Å². The van der Waals surface area contributed by atoms with Crippen LogP contribution in [0.2, 0.25) is 5.02 Å². The van der Waals surface area contributed by atoms with Crippen molar-refractivity contribution in [3.8, 4) is 5.75 Å². The van der Waals surface area contributed by atoms with Crippen molar-refractivity contribution in [2.75, 3.05) is 6.54 Å². The van der Waals surface area contributed by atoms with E-state index in [0.717, 1.165) is 12.0 Å². The Morgan fingerprint density at radius 2 is 2.35 bits per heavy atom. The molecular formula is C15H20ClNO3. The Hall–Kier alpha value is -1.26. The minimum atomic E-state index is -0.876. The number of carbonyl (C=O) groups excluding carboxylic acids is 1. The van der Waals surface area contributed by atoms with E-state index in [2.05, 4.69) is 5.32 Å². The Balaban J connectivity index is 1.90. The lowest BCUT2D eigenvalue weighted by atomic mass is 10.0. The number of amides is 1. The highest BCUT2D eigenvalue weighted by Gasteiger charge is 2.30. The minimum Gasteiger partial charge on any atom is -0.480 e. The van der Waals surface area contributed by atoms with E-state index < -0.39 is 11.7 Å². The minimum absolute atomic E-state index is 0.200. The second-order valence-corrected chi connectivity index (χ2v) is 5.96. The number of halogens is 1. The Kier molecular flexibility index (Phi) is 4.55. The molecule has 0 aliphatic carbocycles. The lowest BCUT2D eigenvalue weighted by Gasteiger charge is -2.23. The van der Waals surface area contributed by atoms with E-state index in [1.807, 2.05) is 13.0 Å². The van der Waals surface area contributed by atoms with E-state index in [0.29, 0.717) is 23.6 Å². The van der Waals surface area contributed by atoms with Crippen LogP contribution in [0.1, 0.15) is 32.3 Å². The SMILES string of the molecule is CCCC(C)(O)CNC(=O)C1Cc2cc(Cl)ccc2O1. The summed E-state index contributed by atoms with van der Waals surface area (Å²) in [7, 11) is 0. The van der Waals surface area contributed by atoms with Crippen molar-refractivity contribution in [3.63, 3.8) is 0 Å². The van der Waals surface area contributed by atoms with Gasteiger partial charge in [-0.2, -0.15) is 0 Å². The molecule has 0 saturated carbocycles. The number of rotatable bonds is 5. The first-order valence-corrected chi connectivity index (χ1v) is 7.24. The third kappa shape index (κ3) is 3.64. The van der Waals surface area contributed by atoms with Gasteiger partial charge >= 0.3 is 0 Å². The van der Waals surface area contributed by atoms with Gasteiger partial charge in [0.15, 0.2) is 6.10 Å². The maximum atomic E-state index is 12.1. The van der Waals surface area contributed by atoms with Gasteiger partial charge in [-0.3, -0.25) is 4.79 Å². The van der Waals surface area contributed by atoms with Crippen LogP contribution < -0.4 is 10.1 Å². The summed E-state index contributed by atoms with van der Waals surface area (Å²) in [5.74, 6) is 0.503. The molecule has 0 saturated heterocycles. The largest absolute Gasteiger partial charge is 0.480 e. The molecule has 0 spiro atoms. The van der Waals surface area contributed by atoms with E-state index >= 15 is 0 Å². The molecule has 2 unspecified atom stereocenters. The first-order valence-electron chi connectivity index (χ1n) is 6.86. The van der Waals surface area contributed by atoms with Gasteiger partial charge < -0.3 is 15.2 Å². The van der Waals surface area contributed by atoms with Crippen LogP contribution in [-0.2, 0) is 11.2 Å². The predicted molar refractivity (Wildman–Crippen MR) is 78.1 cm³/mol. The van der Waals surface area contributed by atoms with Crippen molar-refractivity contribution in [1.82, 2.24) is 5.32 Å². The summed E-state index contributed by atoms with van der Waals surface area (Å²) in [6.45, 7) is 3.95. The van der Waals surface area contributed by atoms with Crippen LogP contribution in [0.4, 0.5) is 0 Å². The van der Waals surface area contributed by atoms with Crippen molar-refractivity contribution in [3.05, 3.63) is 28.8 Å². The van der Waals surface area contributed by atoms with Gasteiger partial charge in [-0.1, -0.05) is 24.9 Å². The first-order chi connectivity index (χ1) is 9.41. The molecular weight excluding hydrogens is 278 g/mol. The number of aliphatic hydroxyl groups is 1. The van der Waals surface area contributed by atoms with Gasteiger partial charge in [0.1, 0.15) is 5.75 Å². The second kappa shape index (κ2) is 6.02. The summed E-state index contributed by atoms with van der Waals surface area (Å²) < 4.78 is 5.60. The molecule has 2 rings (SSSR count). The highest BCUT2D eigenvalue weighted by atomic mass is 35.5. The van der Waals surface area contributed by atoms with Crippen molar-refractivity contribution >= 4 is 17.5 Å². The lowest BCUT2D eigenvalue weighted by molar-refractivity contribution is -0.128. The molecule has 110 valence electrons. The fraction of sp³-hybridized carbons (Fsp3) is 0.533. The van der Waals surface area contributed by atoms with Gasteiger partial charge in [-0.05, 0) is 37.1 Å². The molecule has 0 aromatic heterocycles. The third-order valence-corrected chi connectivity index (χ3v) is 3.66. The van der Waals surface area contributed by atoms with Crippen molar-refractivity contribution in [2.45, 2.75) is 44.8 Å². The summed E-state index contributed by atoms with van der Waals surface area (Å²) in [5.41, 5.74) is 0.0667. The van der Waals surface area contributed by atoms with Crippen LogP contribution in [-0.4, -0.2) is 29.3 Å². The van der Waals surface area contributed by atoms with Crippen molar-refractivity contribution in [2.24, 2.45) is 0 Å². The van der Waals surface area contributed by atoms with Crippen molar-refractivity contribution in [1.29, 1.82) is 0 Å². The van der Waals surface area contributed by atoms with Crippen LogP contribution in [0.3, 0.4) is 0 Å². The van der Waals surface area contributed by atoms with E-state index in [9.17, 15) is 9.90 Å². The Morgan fingerprint density at radius 3 is 3.05 bits per heavy atom. The molecule has 1 aromatic rings. The Morgan fingerprint density at radius 1 is 1.60 bits per heavy atom. The van der Waals surface area contributed by atoms with Crippen molar-refractivity contribution < 1.29 is 14.6 Å². The average molecular weight is 298 g/mol. The average Bonchev–Trinajstić information content (AvgIpc) is 2.79. The smallest absolute Gasteiger partial charge is 0.261 e. The van der Waals surface area contributed by atoms with Crippen LogP contribution in [0, 0.1) is 0 Å². The van der Waals surface area contributed by atoms with Gasteiger partial charge in [0.2, 0.25) is 0 Å². The molecule has 1 aromatic carbocycles. The molecule has 2 N–H and O–H groups in total. The van der Waals surface area contributed by atoms with Crippen LogP contribution >= 0.6 is 11.6 Å². The van der Waals surface area contributed by atoms with Crippen LogP contribution in [0.15, 0.2) is 18.2 Å². The van der Waals surface area contributed by atoms with E-state index in [-0.39, 0.29) is 12.5 Å². The predicted octanol–water partition coefficient (Wildman–Crippen LogP) is 2.31. The number of benzene rings is 1. The number of hydrogen-bond donors (Lipinski definition) is 2. The summed E-state index contributed by atoms with van der Waals surface area (Å²) in [6.07, 6.45) is 1.49. The Labute approximate surface area is 124 Å². The molecule has 1 aliphatic heterocycles. The highest BCUT2D eigenvalue weighted by Crippen LogP contribution is 2.31. The van der Waals surface area contributed by atoms with E-state index in [4.69, 9.17) is 16.3 Å². The molecule has 1 aliphatic rings. The standard InChI is InChI=1S/C15H20ClNO3/c1-3-6-15(2,19)9-17-14(18)13-8-10-7-11(16)4-5-12(10)20-13/h4-5,7,13,19H,3,6,8-9H2,1-2H3,(H,17,18). The van der Waals surface area contributed by atoms with E-state index in [1.54, 1.807) is 19.1 Å². The lowest BCUT2D eigenvalue weighted by Crippen LogP contribution is -2.45. The van der Waals surface area contributed by atoms with Gasteiger partial charge in [-0.15, -0.1) is 0 Å². The molecule has 0 bridgehead atoms. The summed E-state index contributed by atoms with van der Waals surface area (Å²) in [4.78, 5) is 12.1. The molecule has 0 radical (unpaired) electrons. The number of nitrogens with one attached hydrogen (secondary N) is 1. The highest BCUT2D eigenvalue weighted by molar-refractivity contribution is 6.30. The van der Waals surface area contributed by atoms with Gasteiger partial charge in [0, 0.05) is 18.0 Å². The molecule has 20 heavy (non-hydrogen) atoms. The monoisotopic (exact) mass is 297 g/mol. The zero-order valence-corrected chi connectivity index (χ0v) is 12.5. The molecule has 2 atom stereocenters. The van der Waals surface area contributed by atoms with Gasteiger partial charge in [0.05, 0.1) is 5.60 Å². The second-order valence-electron chi connectivity index (χ2n) is 5.53. The summed E-state index contributed by atoms with van der Waals surface area (Å²) in [5, 5.41) is 13.4. The third-order valence-electron chi connectivity index (χ3n) is 3.42. The molecule has 5 heteroatoms. The topological polar surface area (TPSA) is 58.6 Å². The maximum Gasteiger partial charge on any atom is 0.261 e. The number of ether oxygens (including phenoxy) is 1. The summed E-state index contributed by atoms with van der Waals surface area (Å²) >= 11 is 5.92. The fourth-order valence-electron chi connectivity index (χ4n) is 2.38.